The molecule has 1 nitrogen and oxygen atoms in total. The predicted octanol–water partition coefficient (Wildman–Crippen LogP) is 3.27. The maximum atomic E-state index is 4.40. The number of hydrogen-bond acceptors (Lipinski definition) is 2. The molecule has 0 aliphatic carbocycles. The number of nitrogens with zero attached hydrogens (tertiary/aromatic N) is 1. The van der Waals surface area contributed by atoms with Crippen LogP contribution in [-0.4, -0.2) is 12.0 Å². The van der Waals surface area contributed by atoms with Crippen LogP contribution >= 0.6 is 11.8 Å². The van der Waals surface area contributed by atoms with Crippen LogP contribution in [-0.2, 0) is 0 Å². The number of rotatable bonds is 0. The van der Waals surface area contributed by atoms with Crippen molar-refractivity contribution in [3.63, 3.8) is 0 Å². The first-order chi connectivity index (χ1) is 5.97. The van der Waals surface area contributed by atoms with E-state index in [4.69, 9.17) is 0 Å². The first-order valence-electron chi connectivity index (χ1n) is 4.21. The van der Waals surface area contributed by atoms with Crippen molar-refractivity contribution in [3.05, 3.63) is 24.3 Å². The van der Waals surface area contributed by atoms with Gasteiger partial charge in [-0.1, -0.05) is 12.1 Å². The van der Waals surface area contributed by atoms with Crippen LogP contribution < -0.4 is 0 Å². The van der Waals surface area contributed by atoms with E-state index in [9.17, 15) is 0 Å². The van der Waals surface area contributed by atoms with Crippen LogP contribution in [0.25, 0.3) is 0 Å². The molecule has 2 rings (SSSR count). The molecule has 12 heavy (non-hydrogen) atoms. The van der Waals surface area contributed by atoms with Crippen molar-refractivity contribution < 1.29 is 0 Å². The van der Waals surface area contributed by atoms with Crippen LogP contribution in [0.15, 0.2) is 34.2 Å². The Labute approximate surface area is 76.9 Å². The van der Waals surface area contributed by atoms with Crippen LogP contribution in [0, 0.1) is 0 Å². The fourth-order valence-electron chi connectivity index (χ4n) is 1.21. The average molecular weight is 177 g/mol. The van der Waals surface area contributed by atoms with Crippen molar-refractivity contribution in [2.45, 2.75) is 17.7 Å². The highest BCUT2D eigenvalue weighted by molar-refractivity contribution is 7.99. The fraction of sp³-hybridized carbons (Fsp3) is 0.300. The Hall–Kier alpha value is -0.760. The Morgan fingerprint density at radius 2 is 2.17 bits per heavy atom. The molecular formula is C10H11NS. The third kappa shape index (κ3) is 1.69. The second kappa shape index (κ2) is 3.76. The third-order valence-corrected chi connectivity index (χ3v) is 2.98. The van der Waals surface area contributed by atoms with E-state index in [0.29, 0.717) is 0 Å². The summed E-state index contributed by atoms with van der Waals surface area (Å²) in [6.07, 6.45) is 4.38. The molecule has 1 aromatic rings. The summed E-state index contributed by atoms with van der Waals surface area (Å²) in [6.45, 7) is 0. The molecule has 0 aromatic heterocycles. The smallest absolute Gasteiger partial charge is 0.0761 e. The highest BCUT2D eigenvalue weighted by atomic mass is 32.2. The Kier molecular flexibility index (Phi) is 2.47. The van der Waals surface area contributed by atoms with Gasteiger partial charge < -0.3 is 0 Å². The maximum Gasteiger partial charge on any atom is 0.0761 e. The van der Waals surface area contributed by atoms with Crippen molar-refractivity contribution in [3.8, 4) is 0 Å². The van der Waals surface area contributed by atoms with Gasteiger partial charge in [0.2, 0.25) is 0 Å². The third-order valence-electron chi connectivity index (χ3n) is 1.83. The molecule has 1 aliphatic heterocycles. The molecule has 0 atom stereocenters. The van der Waals surface area contributed by atoms with Gasteiger partial charge in [0.05, 0.1) is 5.69 Å². The molecule has 0 spiro atoms. The number of hydrogen-bond donors (Lipinski definition) is 0. The lowest BCUT2D eigenvalue weighted by molar-refractivity contribution is 1.02. The lowest BCUT2D eigenvalue weighted by atomic mass is 10.3. The van der Waals surface area contributed by atoms with Crippen molar-refractivity contribution in [2.75, 3.05) is 5.75 Å². The topological polar surface area (TPSA) is 12.4 Å². The number of fused-ring (bicyclic) bond motifs is 1. The summed E-state index contributed by atoms with van der Waals surface area (Å²) in [5.41, 5.74) is 1.13. The quantitative estimate of drug-likeness (QED) is 0.592. The highest BCUT2D eigenvalue weighted by Crippen LogP contribution is 2.30. The Morgan fingerprint density at radius 3 is 3.17 bits per heavy atom. The number of aliphatic imine (C=N–C) groups is 1. The summed E-state index contributed by atoms with van der Waals surface area (Å²) in [4.78, 5) is 5.71. The van der Waals surface area contributed by atoms with Gasteiger partial charge in [-0.3, -0.25) is 4.99 Å². The molecule has 0 radical (unpaired) electrons. The molecule has 62 valence electrons. The van der Waals surface area contributed by atoms with Crippen LogP contribution in [0.4, 0.5) is 5.69 Å². The van der Waals surface area contributed by atoms with E-state index < -0.39 is 0 Å². The molecule has 0 unspecified atom stereocenters. The van der Waals surface area contributed by atoms with Gasteiger partial charge >= 0.3 is 0 Å². The minimum Gasteiger partial charge on any atom is -0.260 e. The number of thioether (sulfide) groups is 1. The van der Waals surface area contributed by atoms with Crippen LogP contribution in [0.5, 0.6) is 0 Å². The molecule has 1 aliphatic rings. The monoisotopic (exact) mass is 177 g/mol. The maximum absolute atomic E-state index is 4.40. The van der Waals surface area contributed by atoms with E-state index in [0.717, 1.165) is 12.1 Å². The van der Waals surface area contributed by atoms with E-state index in [-0.39, 0.29) is 0 Å². The summed E-state index contributed by atoms with van der Waals surface area (Å²) in [5, 5.41) is 0. The number of para-hydroxylation sites is 1. The zero-order valence-corrected chi connectivity index (χ0v) is 7.68. The zero-order chi connectivity index (χ0) is 8.23. The van der Waals surface area contributed by atoms with E-state index in [1.165, 1.54) is 17.1 Å². The van der Waals surface area contributed by atoms with Crippen LogP contribution in [0.3, 0.4) is 0 Å². The normalized spacial score (nSPS) is 16.3. The van der Waals surface area contributed by atoms with Crippen LogP contribution in [0.2, 0.25) is 0 Å². The van der Waals surface area contributed by atoms with Gasteiger partial charge in [0.15, 0.2) is 0 Å². The standard InChI is InChI=1S/C10H11NS/c1-2-6-10-9(5-1)11-7-3-4-8-12-10/h1-2,5-7H,3-4,8H2. The molecular weight excluding hydrogens is 166 g/mol. The summed E-state index contributed by atoms with van der Waals surface area (Å²) in [6, 6.07) is 8.33. The van der Waals surface area contributed by atoms with Crippen LogP contribution in [0.1, 0.15) is 12.8 Å². The van der Waals surface area contributed by atoms with Gasteiger partial charge in [-0.2, -0.15) is 0 Å². The van der Waals surface area contributed by atoms with Gasteiger partial charge in [-0.05, 0) is 30.7 Å². The molecule has 1 heterocycles. The fourth-order valence-corrected chi connectivity index (χ4v) is 2.18. The van der Waals surface area contributed by atoms with Gasteiger partial charge in [-0.15, -0.1) is 11.8 Å². The second-order valence-corrected chi connectivity index (χ2v) is 3.91. The van der Waals surface area contributed by atoms with E-state index in [1.54, 1.807) is 0 Å². The number of benzene rings is 1. The SMILES string of the molecule is C1=Nc2ccccc2SCCC1. The molecule has 2 heteroatoms. The zero-order valence-electron chi connectivity index (χ0n) is 6.86. The highest BCUT2D eigenvalue weighted by Gasteiger charge is 2.01. The summed E-state index contributed by atoms with van der Waals surface area (Å²) in [7, 11) is 0. The summed E-state index contributed by atoms with van der Waals surface area (Å²) >= 11 is 1.91. The van der Waals surface area contributed by atoms with Crippen molar-refractivity contribution in [2.24, 2.45) is 4.99 Å². The summed E-state index contributed by atoms with van der Waals surface area (Å²) < 4.78 is 0. The molecule has 0 N–H and O–H groups in total. The average Bonchev–Trinajstić information content (AvgIpc) is 2.06. The van der Waals surface area contributed by atoms with E-state index in [1.807, 2.05) is 24.0 Å². The van der Waals surface area contributed by atoms with Gasteiger partial charge in [0, 0.05) is 11.1 Å². The van der Waals surface area contributed by atoms with E-state index in [2.05, 4.69) is 23.2 Å². The van der Waals surface area contributed by atoms with Crippen molar-refractivity contribution >= 4 is 23.7 Å². The van der Waals surface area contributed by atoms with Crippen molar-refractivity contribution in [1.82, 2.24) is 0 Å². The minimum absolute atomic E-state index is 1.11. The lowest BCUT2D eigenvalue weighted by Crippen LogP contribution is -1.86. The van der Waals surface area contributed by atoms with Gasteiger partial charge in [-0.25, -0.2) is 0 Å². The minimum atomic E-state index is 1.11. The van der Waals surface area contributed by atoms with Gasteiger partial charge in [0.1, 0.15) is 0 Å². The first-order valence-corrected chi connectivity index (χ1v) is 5.20. The molecule has 0 amide bonds. The van der Waals surface area contributed by atoms with Crippen molar-refractivity contribution in [1.29, 1.82) is 0 Å². The van der Waals surface area contributed by atoms with E-state index >= 15 is 0 Å². The molecule has 0 fully saturated rings. The largest absolute Gasteiger partial charge is 0.260 e. The first kappa shape index (κ1) is 7.87. The Bertz CT molecular complexity index is 294. The van der Waals surface area contributed by atoms with Gasteiger partial charge in [0.25, 0.3) is 0 Å². The lowest BCUT2D eigenvalue weighted by Gasteiger charge is -2.06. The predicted molar refractivity (Wildman–Crippen MR) is 54.6 cm³/mol. The molecule has 0 bridgehead atoms. The summed E-state index contributed by atoms with van der Waals surface area (Å²) in [5.74, 6) is 1.21. The Morgan fingerprint density at radius 1 is 1.25 bits per heavy atom. The molecule has 0 saturated heterocycles. The molecule has 0 saturated carbocycles. The Balaban J connectivity index is 2.36. The second-order valence-electron chi connectivity index (χ2n) is 2.77. The molecule has 1 aromatic carbocycles.